The van der Waals surface area contributed by atoms with Crippen molar-refractivity contribution in [1.29, 1.82) is 0 Å². The van der Waals surface area contributed by atoms with Crippen LogP contribution in [-0.4, -0.2) is 19.2 Å². The zero-order chi connectivity index (χ0) is 24.5. The SMILES string of the molecule is COC(=O)C(c1ccccc1)(c1ccccc1)C(NC(=O)OCc1ccccc1)c1ccccc1. The second-order valence-corrected chi connectivity index (χ2v) is 8.08. The summed E-state index contributed by atoms with van der Waals surface area (Å²) in [5.41, 5.74) is 1.61. The minimum absolute atomic E-state index is 0.107. The number of carbonyl (C=O) groups excluding carboxylic acids is 2. The summed E-state index contributed by atoms with van der Waals surface area (Å²) in [6.07, 6.45) is -0.636. The lowest BCUT2D eigenvalue weighted by Gasteiger charge is -2.39. The van der Waals surface area contributed by atoms with Gasteiger partial charge in [0.1, 0.15) is 12.0 Å². The van der Waals surface area contributed by atoms with Gasteiger partial charge in [-0.2, -0.15) is 0 Å². The molecule has 1 amide bonds. The van der Waals surface area contributed by atoms with Crippen molar-refractivity contribution in [2.75, 3.05) is 7.11 Å². The first-order valence-corrected chi connectivity index (χ1v) is 11.4. The number of ether oxygens (including phenoxy) is 2. The van der Waals surface area contributed by atoms with Crippen molar-refractivity contribution in [3.8, 4) is 0 Å². The molecule has 0 saturated heterocycles. The van der Waals surface area contributed by atoms with E-state index in [1.54, 1.807) is 0 Å². The van der Waals surface area contributed by atoms with Gasteiger partial charge < -0.3 is 14.8 Å². The molecule has 5 heteroatoms. The van der Waals surface area contributed by atoms with Crippen molar-refractivity contribution in [2.45, 2.75) is 18.1 Å². The molecule has 0 bridgehead atoms. The lowest BCUT2D eigenvalue weighted by molar-refractivity contribution is -0.147. The fourth-order valence-corrected chi connectivity index (χ4v) is 4.39. The molecule has 0 aromatic heterocycles. The number of carbonyl (C=O) groups is 2. The molecule has 0 heterocycles. The van der Waals surface area contributed by atoms with Crippen LogP contribution in [0.4, 0.5) is 4.79 Å². The number of hydrogen-bond donors (Lipinski definition) is 1. The number of alkyl carbamates (subject to hydrolysis) is 1. The Morgan fingerprint density at radius 3 is 1.66 bits per heavy atom. The Hall–Kier alpha value is -4.38. The molecule has 0 aliphatic heterocycles. The van der Waals surface area contributed by atoms with Gasteiger partial charge in [0, 0.05) is 0 Å². The number of nitrogens with one attached hydrogen (secondary N) is 1. The van der Waals surface area contributed by atoms with Gasteiger partial charge in [0.05, 0.1) is 13.2 Å². The van der Waals surface area contributed by atoms with Crippen LogP contribution in [0.1, 0.15) is 28.3 Å². The lowest BCUT2D eigenvalue weighted by Crippen LogP contribution is -2.50. The van der Waals surface area contributed by atoms with E-state index in [-0.39, 0.29) is 6.61 Å². The summed E-state index contributed by atoms with van der Waals surface area (Å²) >= 11 is 0. The third-order valence-electron chi connectivity index (χ3n) is 6.01. The molecule has 4 aromatic carbocycles. The Kier molecular flexibility index (Phi) is 7.58. The quantitative estimate of drug-likeness (QED) is 0.333. The molecule has 0 fully saturated rings. The summed E-state index contributed by atoms with van der Waals surface area (Å²) in [4.78, 5) is 26.9. The predicted molar refractivity (Wildman–Crippen MR) is 135 cm³/mol. The van der Waals surface area contributed by atoms with Gasteiger partial charge in [0.25, 0.3) is 0 Å². The van der Waals surface area contributed by atoms with Gasteiger partial charge in [0.2, 0.25) is 0 Å². The van der Waals surface area contributed by atoms with E-state index in [1.807, 2.05) is 121 Å². The number of rotatable bonds is 8. The molecule has 5 nitrogen and oxygen atoms in total. The first kappa shape index (κ1) is 23.8. The van der Waals surface area contributed by atoms with E-state index in [4.69, 9.17) is 9.47 Å². The van der Waals surface area contributed by atoms with E-state index in [2.05, 4.69) is 5.32 Å². The Labute approximate surface area is 205 Å². The van der Waals surface area contributed by atoms with E-state index < -0.39 is 23.5 Å². The number of esters is 1. The minimum atomic E-state index is -1.37. The number of amides is 1. The van der Waals surface area contributed by atoms with Crippen LogP contribution in [0.5, 0.6) is 0 Å². The number of hydrogen-bond acceptors (Lipinski definition) is 4. The van der Waals surface area contributed by atoms with E-state index in [0.717, 1.165) is 11.1 Å². The second-order valence-electron chi connectivity index (χ2n) is 8.08. The highest BCUT2D eigenvalue weighted by atomic mass is 16.5. The Bertz CT molecular complexity index is 1190. The van der Waals surface area contributed by atoms with Gasteiger partial charge in [0.15, 0.2) is 0 Å². The van der Waals surface area contributed by atoms with Crippen molar-refractivity contribution in [3.05, 3.63) is 144 Å². The Morgan fingerprint density at radius 1 is 0.714 bits per heavy atom. The van der Waals surface area contributed by atoms with Gasteiger partial charge in [-0.15, -0.1) is 0 Å². The van der Waals surface area contributed by atoms with Crippen LogP contribution >= 0.6 is 0 Å². The Balaban J connectivity index is 1.84. The lowest BCUT2D eigenvalue weighted by atomic mass is 9.67. The van der Waals surface area contributed by atoms with E-state index in [1.165, 1.54) is 7.11 Å². The maximum absolute atomic E-state index is 13.8. The fraction of sp³-hybridized carbons (Fsp3) is 0.133. The zero-order valence-electron chi connectivity index (χ0n) is 19.5. The third-order valence-corrected chi connectivity index (χ3v) is 6.01. The monoisotopic (exact) mass is 465 g/mol. The second kappa shape index (κ2) is 11.2. The van der Waals surface area contributed by atoms with Crippen LogP contribution in [0.3, 0.4) is 0 Å². The van der Waals surface area contributed by atoms with Crippen LogP contribution in [0.25, 0.3) is 0 Å². The van der Waals surface area contributed by atoms with Gasteiger partial charge in [-0.05, 0) is 22.3 Å². The van der Waals surface area contributed by atoms with Crippen molar-refractivity contribution in [2.24, 2.45) is 0 Å². The highest BCUT2D eigenvalue weighted by Crippen LogP contribution is 2.44. The molecule has 0 aliphatic carbocycles. The number of methoxy groups -OCH3 is 1. The van der Waals surface area contributed by atoms with E-state index in [9.17, 15) is 9.59 Å². The van der Waals surface area contributed by atoms with Crippen molar-refractivity contribution in [1.82, 2.24) is 5.32 Å². The molecule has 4 aromatic rings. The molecule has 35 heavy (non-hydrogen) atoms. The summed E-state index contributed by atoms with van der Waals surface area (Å²) < 4.78 is 11.0. The standard InChI is InChI=1S/C30H27NO4/c1-34-28(32)30(25-18-10-4-11-19-25,26-20-12-5-13-21-26)27(24-16-8-3-9-17-24)31-29(33)35-22-23-14-6-2-7-15-23/h2-21,27H,22H2,1H3,(H,31,33). The van der Waals surface area contributed by atoms with Gasteiger partial charge >= 0.3 is 12.1 Å². The largest absolute Gasteiger partial charge is 0.468 e. The normalized spacial score (nSPS) is 11.8. The molecule has 0 aliphatic rings. The van der Waals surface area contributed by atoms with Crippen molar-refractivity contribution >= 4 is 12.1 Å². The zero-order valence-corrected chi connectivity index (χ0v) is 19.5. The van der Waals surface area contributed by atoms with Gasteiger partial charge in [-0.25, -0.2) is 4.79 Å². The average Bonchev–Trinajstić information content (AvgIpc) is 2.94. The van der Waals surface area contributed by atoms with Crippen LogP contribution in [-0.2, 0) is 26.3 Å². The first-order valence-electron chi connectivity index (χ1n) is 11.4. The highest BCUT2D eigenvalue weighted by Gasteiger charge is 2.51. The topological polar surface area (TPSA) is 64.6 Å². The molecule has 0 saturated carbocycles. The van der Waals surface area contributed by atoms with Crippen LogP contribution < -0.4 is 5.32 Å². The van der Waals surface area contributed by atoms with Gasteiger partial charge in [-0.3, -0.25) is 4.79 Å². The molecule has 176 valence electrons. The summed E-state index contributed by atoms with van der Waals surface area (Å²) in [6, 6.07) is 36.7. The average molecular weight is 466 g/mol. The smallest absolute Gasteiger partial charge is 0.408 e. The molecular weight excluding hydrogens is 438 g/mol. The molecule has 1 atom stereocenters. The minimum Gasteiger partial charge on any atom is -0.468 e. The fourth-order valence-electron chi connectivity index (χ4n) is 4.39. The summed E-state index contributed by atoms with van der Waals surface area (Å²) in [7, 11) is 1.36. The summed E-state index contributed by atoms with van der Waals surface area (Å²) in [5, 5.41) is 2.99. The Morgan fingerprint density at radius 2 is 1.17 bits per heavy atom. The molecule has 1 N–H and O–H groups in total. The van der Waals surface area contributed by atoms with Crippen LogP contribution in [0.15, 0.2) is 121 Å². The van der Waals surface area contributed by atoms with Crippen LogP contribution in [0, 0.1) is 0 Å². The maximum atomic E-state index is 13.8. The molecule has 1 unspecified atom stereocenters. The molecule has 0 spiro atoms. The predicted octanol–water partition coefficient (Wildman–Crippen LogP) is 5.81. The van der Waals surface area contributed by atoms with E-state index in [0.29, 0.717) is 11.1 Å². The summed E-state index contributed by atoms with van der Waals surface area (Å²) in [6.45, 7) is 0.107. The molecular formula is C30H27NO4. The first-order chi connectivity index (χ1) is 17.2. The van der Waals surface area contributed by atoms with Crippen molar-refractivity contribution in [3.63, 3.8) is 0 Å². The number of benzene rings is 4. The van der Waals surface area contributed by atoms with Gasteiger partial charge in [-0.1, -0.05) is 121 Å². The molecule has 4 rings (SSSR count). The maximum Gasteiger partial charge on any atom is 0.408 e. The van der Waals surface area contributed by atoms with Crippen molar-refractivity contribution < 1.29 is 19.1 Å². The van der Waals surface area contributed by atoms with E-state index >= 15 is 0 Å². The third kappa shape index (κ3) is 5.09. The summed E-state index contributed by atoms with van der Waals surface area (Å²) in [5.74, 6) is -0.493. The molecule has 0 radical (unpaired) electrons. The highest BCUT2D eigenvalue weighted by molar-refractivity contribution is 5.90. The van der Waals surface area contributed by atoms with Crippen LogP contribution in [0.2, 0.25) is 0 Å².